The van der Waals surface area contributed by atoms with Gasteiger partial charge in [0.25, 0.3) is 5.91 Å². The van der Waals surface area contributed by atoms with E-state index in [9.17, 15) is 23.2 Å². The number of nitrogens with one attached hydrogen (secondary N) is 1. The van der Waals surface area contributed by atoms with Gasteiger partial charge in [0.15, 0.2) is 11.5 Å². The first kappa shape index (κ1) is 23.8. The minimum absolute atomic E-state index is 0.0117. The molecule has 1 aliphatic rings. The second-order valence-electron chi connectivity index (χ2n) is 7.69. The third-order valence-corrected chi connectivity index (χ3v) is 6.23. The molecule has 0 unspecified atom stereocenters. The zero-order valence-corrected chi connectivity index (χ0v) is 19.5. The summed E-state index contributed by atoms with van der Waals surface area (Å²) in [5.41, 5.74) is 5.73. The van der Waals surface area contributed by atoms with Gasteiger partial charge in [0.2, 0.25) is 11.8 Å². The van der Waals surface area contributed by atoms with E-state index in [2.05, 4.69) is 26.3 Å². The SMILES string of the molecule is CO[C@H]1[C@@H](C(=O)Nc2cccc(Br)c2F)N(C(=O)Cn2nc(C(N)=O)c3ccccc32)C[C@@H]1F. The van der Waals surface area contributed by atoms with Gasteiger partial charge < -0.3 is 20.7 Å². The first-order chi connectivity index (χ1) is 16.2. The molecule has 0 saturated carbocycles. The van der Waals surface area contributed by atoms with E-state index in [4.69, 9.17) is 10.5 Å². The van der Waals surface area contributed by atoms with Crippen molar-refractivity contribution in [3.8, 4) is 0 Å². The summed E-state index contributed by atoms with van der Waals surface area (Å²) in [5, 5.41) is 7.00. The predicted molar refractivity (Wildman–Crippen MR) is 122 cm³/mol. The van der Waals surface area contributed by atoms with Crippen LogP contribution in [-0.4, -0.2) is 64.4 Å². The Labute approximate surface area is 201 Å². The van der Waals surface area contributed by atoms with E-state index in [1.54, 1.807) is 24.3 Å². The molecule has 3 N–H and O–H groups in total. The molecule has 12 heteroatoms. The maximum absolute atomic E-state index is 14.7. The number of fused-ring (bicyclic) bond motifs is 1. The highest BCUT2D eigenvalue weighted by Crippen LogP contribution is 2.28. The fourth-order valence-corrected chi connectivity index (χ4v) is 4.43. The second-order valence-corrected chi connectivity index (χ2v) is 8.54. The molecular weight excluding hydrogens is 516 g/mol. The summed E-state index contributed by atoms with van der Waals surface area (Å²) < 4.78 is 35.7. The molecule has 3 atom stereocenters. The van der Waals surface area contributed by atoms with E-state index in [1.807, 2.05) is 0 Å². The molecule has 4 rings (SSSR count). The number of nitrogens with two attached hydrogens (primary N) is 1. The van der Waals surface area contributed by atoms with E-state index in [0.29, 0.717) is 10.9 Å². The Balaban J connectivity index is 1.62. The third-order valence-electron chi connectivity index (χ3n) is 5.62. The van der Waals surface area contributed by atoms with Gasteiger partial charge in [-0.1, -0.05) is 24.3 Å². The number of alkyl halides is 1. The van der Waals surface area contributed by atoms with Gasteiger partial charge in [-0.2, -0.15) is 5.10 Å². The Kier molecular flexibility index (Phi) is 6.62. The Hall–Kier alpha value is -3.38. The maximum atomic E-state index is 14.7. The summed E-state index contributed by atoms with van der Waals surface area (Å²) in [6, 6.07) is 9.65. The topological polar surface area (TPSA) is 120 Å². The summed E-state index contributed by atoms with van der Waals surface area (Å²) in [7, 11) is 1.23. The number of ether oxygens (including phenoxy) is 1. The molecule has 34 heavy (non-hydrogen) atoms. The molecule has 2 aromatic carbocycles. The van der Waals surface area contributed by atoms with Crippen molar-refractivity contribution in [2.75, 3.05) is 19.0 Å². The van der Waals surface area contributed by atoms with E-state index >= 15 is 0 Å². The third kappa shape index (κ3) is 4.26. The molecule has 1 aliphatic heterocycles. The molecular formula is C22H20BrF2N5O4. The number of likely N-dealkylation sites (tertiary alicyclic amines) is 1. The average molecular weight is 536 g/mol. The predicted octanol–water partition coefficient (Wildman–Crippen LogP) is 2.24. The van der Waals surface area contributed by atoms with Crippen LogP contribution in [0.4, 0.5) is 14.5 Å². The van der Waals surface area contributed by atoms with E-state index < -0.39 is 48.4 Å². The van der Waals surface area contributed by atoms with Crippen LogP contribution in [0.15, 0.2) is 46.9 Å². The standard InChI is InChI=1S/C22H20BrF2N5O4/c1-34-20-13(24)9-29(19(20)22(33)27-14-7-4-6-12(23)17(14)25)16(31)10-30-15-8-3-2-5-11(15)18(28-30)21(26)32/h2-8,13,19-20H,9-10H2,1H3,(H2,26,32)(H,27,33)/t13-,19-,20+/m0/s1. The number of rotatable bonds is 6. The number of hydrogen-bond donors (Lipinski definition) is 2. The minimum Gasteiger partial charge on any atom is -0.376 e. The monoisotopic (exact) mass is 535 g/mol. The van der Waals surface area contributed by atoms with Crippen molar-refractivity contribution < 1.29 is 27.9 Å². The van der Waals surface area contributed by atoms with Crippen molar-refractivity contribution in [1.82, 2.24) is 14.7 Å². The fraction of sp³-hybridized carbons (Fsp3) is 0.273. The van der Waals surface area contributed by atoms with E-state index in [-0.39, 0.29) is 22.4 Å². The molecule has 0 radical (unpaired) electrons. The molecule has 0 bridgehead atoms. The molecule has 2 heterocycles. The molecule has 3 amide bonds. The highest BCUT2D eigenvalue weighted by atomic mass is 79.9. The molecule has 0 spiro atoms. The molecule has 0 aliphatic carbocycles. The molecule has 1 saturated heterocycles. The van der Waals surface area contributed by atoms with Gasteiger partial charge in [0.05, 0.1) is 22.2 Å². The van der Waals surface area contributed by atoms with Crippen LogP contribution in [-0.2, 0) is 20.9 Å². The van der Waals surface area contributed by atoms with Gasteiger partial charge in [-0.05, 0) is 34.1 Å². The lowest BCUT2D eigenvalue weighted by molar-refractivity contribution is -0.139. The van der Waals surface area contributed by atoms with Gasteiger partial charge in [0.1, 0.15) is 24.9 Å². The summed E-state index contributed by atoms with van der Waals surface area (Å²) >= 11 is 3.04. The van der Waals surface area contributed by atoms with Crippen LogP contribution in [0, 0.1) is 5.82 Å². The number of hydrogen-bond acceptors (Lipinski definition) is 5. The minimum atomic E-state index is -1.65. The molecule has 1 aromatic heterocycles. The number of anilines is 1. The van der Waals surface area contributed by atoms with Crippen molar-refractivity contribution in [1.29, 1.82) is 0 Å². The average Bonchev–Trinajstić information content (AvgIpc) is 3.34. The van der Waals surface area contributed by atoms with Gasteiger partial charge in [-0.25, -0.2) is 8.78 Å². The number of para-hydroxylation sites is 1. The Morgan fingerprint density at radius 2 is 1.97 bits per heavy atom. The van der Waals surface area contributed by atoms with Crippen LogP contribution >= 0.6 is 15.9 Å². The summed E-state index contributed by atoms with van der Waals surface area (Å²) in [5.74, 6) is -2.92. The van der Waals surface area contributed by atoms with Crippen molar-refractivity contribution in [2.45, 2.75) is 24.9 Å². The van der Waals surface area contributed by atoms with Crippen LogP contribution < -0.4 is 11.1 Å². The second kappa shape index (κ2) is 9.47. The molecule has 178 valence electrons. The fourth-order valence-electron chi connectivity index (χ4n) is 4.06. The number of halogens is 3. The Morgan fingerprint density at radius 1 is 1.24 bits per heavy atom. The first-order valence-corrected chi connectivity index (χ1v) is 11.0. The zero-order valence-electron chi connectivity index (χ0n) is 17.9. The van der Waals surface area contributed by atoms with Gasteiger partial charge in [-0.3, -0.25) is 19.1 Å². The van der Waals surface area contributed by atoms with Crippen LogP contribution in [0.5, 0.6) is 0 Å². The quantitative estimate of drug-likeness (QED) is 0.501. The van der Waals surface area contributed by atoms with Crippen LogP contribution in [0.25, 0.3) is 10.9 Å². The highest BCUT2D eigenvalue weighted by Gasteiger charge is 2.49. The van der Waals surface area contributed by atoms with E-state index in [1.165, 1.54) is 30.0 Å². The van der Waals surface area contributed by atoms with Crippen LogP contribution in [0.1, 0.15) is 10.5 Å². The van der Waals surface area contributed by atoms with Gasteiger partial charge in [0, 0.05) is 12.5 Å². The summed E-state index contributed by atoms with van der Waals surface area (Å²) in [6.07, 6.45) is -2.90. The number of carbonyl (C=O) groups excluding carboxylic acids is 3. The summed E-state index contributed by atoms with van der Waals surface area (Å²) in [4.78, 5) is 39.0. The van der Waals surface area contributed by atoms with Crippen molar-refractivity contribution >= 4 is 50.2 Å². The Bertz CT molecular complexity index is 1280. The number of nitrogens with zero attached hydrogens (tertiary/aromatic N) is 3. The van der Waals surface area contributed by atoms with E-state index in [0.717, 1.165) is 4.90 Å². The van der Waals surface area contributed by atoms with Crippen molar-refractivity contribution in [3.05, 3.63) is 58.4 Å². The number of amides is 3. The lowest BCUT2D eigenvalue weighted by Crippen LogP contribution is -2.49. The first-order valence-electron chi connectivity index (χ1n) is 10.2. The highest BCUT2D eigenvalue weighted by molar-refractivity contribution is 9.10. The zero-order chi connectivity index (χ0) is 24.6. The number of methoxy groups -OCH3 is 1. The van der Waals surface area contributed by atoms with Crippen molar-refractivity contribution in [2.24, 2.45) is 5.73 Å². The molecule has 3 aromatic rings. The Morgan fingerprint density at radius 3 is 2.68 bits per heavy atom. The number of aromatic nitrogens is 2. The smallest absolute Gasteiger partial charge is 0.269 e. The largest absolute Gasteiger partial charge is 0.376 e. The van der Waals surface area contributed by atoms with Crippen LogP contribution in [0.2, 0.25) is 0 Å². The number of carbonyl (C=O) groups is 3. The van der Waals surface area contributed by atoms with Gasteiger partial charge in [-0.15, -0.1) is 0 Å². The number of benzene rings is 2. The lowest BCUT2D eigenvalue weighted by Gasteiger charge is -2.26. The van der Waals surface area contributed by atoms with Crippen molar-refractivity contribution in [3.63, 3.8) is 0 Å². The normalized spacial score (nSPS) is 20.0. The number of primary amides is 1. The molecule has 9 nitrogen and oxygen atoms in total. The summed E-state index contributed by atoms with van der Waals surface area (Å²) in [6.45, 7) is -0.787. The maximum Gasteiger partial charge on any atom is 0.269 e. The molecule has 1 fully saturated rings. The van der Waals surface area contributed by atoms with Gasteiger partial charge >= 0.3 is 0 Å². The lowest BCUT2D eigenvalue weighted by atomic mass is 10.1. The van der Waals surface area contributed by atoms with Crippen LogP contribution in [0.3, 0.4) is 0 Å².